The molecule has 2 aliphatic heterocycles. The number of nitrogens with zero attached hydrogens (tertiary/aromatic N) is 2. The Bertz CT molecular complexity index is 504. The molecule has 1 saturated carbocycles. The van der Waals surface area contributed by atoms with E-state index >= 15 is 0 Å². The van der Waals surface area contributed by atoms with Gasteiger partial charge in [0, 0.05) is 39.2 Å². The molecule has 1 aliphatic carbocycles. The number of hydrogen-bond donors (Lipinski definition) is 0. The van der Waals surface area contributed by atoms with Crippen LogP contribution in [0.2, 0.25) is 0 Å². The van der Waals surface area contributed by atoms with Gasteiger partial charge in [-0.2, -0.15) is 0 Å². The topological polar surface area (TPSA) is 59.1 Å². The van der Waals surface area contributed by atoms with Crippen LogP contribution in [-0.2, 0) is 14.3 Å². The number of carbonyl (C=O) groups excluding carboxylic acids is 2. The fourth-order valence-electron chi connectivity index (χ4n) is 3.67. The first-order valence-electron chi connectivity index (χ1n) is 10.2. The fourth-order valence-corrected chi connectivity index (χ4v) is 3.67. The molecule has 0 bridgehead atoms. The van der Waals surface area contributed by atoms with Crippen LogP contribution in [0.5, 0.6) is 0 Å². The molecule has 2 saturated heterocycles. The van der Waals surface area contributed by atoms with E-state index in [1.54, 1.807) is 4.90 Å². The minimum absolute atomic E-state index is 0.230. The van der Waals surface area contributed by atoms with Crippen molar-refractivity contribution in [1.29, 1.82) is 0 Å². The van der Waals surface area contributed by atoms with E-state index < -0.39 is 5.60 Å². The molecule has 1 unspecified atom stereocenters. The van der Waals surface area contributed by atoms with Crippen molar-refractivity contribution in [2.24, 2.45) is 11.8 Å². The average Bonchev–Trinajstić information content (AvgIpc) is 3.28. The van der Waals surface area contributed by atoms with E-state index in [9.17, 15) is 9.59 Å². The minimum atomic E-state index is -0.461. The van der Waals surface area contributed by atoms with Gasteiger partial charge in [-0.25, -0.2) is 4.79 Å². The number of likely N-dealkylation sites (tertiary alicyclic amines) is 2. The van der Waals surface area contributed by atoms with Crippen molar-refractivity contribution < 1.29 is 19.1 Å². The third-order valence-electron chi connectivity index (χ3n) is 5.49. The molecule has 1 atom stereocenters. The van der Waals surface area contributed by atoms with Crippen molar-refractivity contribution in [2.75, 3.05) is 32.8 Å². The van der Waals surface area contributed by atoms with Gasteiger partial charge in [-0.15, -0.1) is 0 Å². The first-order valence-corrected chi connectivity index (χ1v) is 10.2. The summed E-state index contributed by atoms with van der Waals surface area (Å²) in [7, 11) is 0. The van der Waals surface area contributed by atoms with Crippen LogP contribution in [0.4, 0.5) is 4.79 Å². The lowest BCUT2D eigenvalue weighted by Gasteiger charge is -2.33. The molecule has 0 aromatic rings. The first-order chi connectivity index (χ1) is 12.3. The van der Waals surface area contributed by atoms with Crippen LogP contribution in [0.1, 0.15) is 59.3 Å². The summed E-state index contributed by atoms with van der Waals surface area (Å²) in [6.45, 7) is 9.46. The Morgan fingerprint density at radius 3 is 2.19 bits per heavy atom. The number of rotatable bonds is 5. The molecule has 3 aliphatic rings. The van der Waals surface area contributed by atoms with Crippen molar-refractivity contribution in [3.8, 4) is 0 Å². The summed E-state index contributed by atoms with van der Waals surface area (Å²) in [4.78, 5) is 28.4. The zero-order valence-electron chi connectivity index (χ0n) is 16.5. The van der Waals surface area contributed by atoms with Gasteiger partial charge < -0.3 is 19.3 Å². The van der Waals surface area contributed by atoms with E-state index in [0.717, 1.165) is 44.9 Å². The lowest BCUT2D eigenvalue weighted by molar-refractivity contribution is -0.132. The number of ether oxygens (including phenoxy) is 2. The Balaban J connectivity index is 1.35. The van der Waals surface area contributed by atoms with Crippen LogP contribution >= 0.6 is 0 Å². The van der Waals surface area contributed by atoms with Crippen molar-refractivity contribution in [2.45, 2.75) is 71.0 Å². The van der Waals surface area contributed by atoms with Gasteiger partial charge in [-0.3, -0.25) is 4.79 Å². The highest BCUT2D eigenvalue weighted by Gasteiger charge is 2.32. The zero-order chi connectivity index (χ0) is 18.7. The average molecular weight is 367 g/mol. The van der Waals surface area contributed by atoms with E-state index in [2.05, 4.69) is 0 Å². The maximum absolute atomic E-state index is 12.6. The summed E-state index contributed by atoms with van der Waals surface area (Å²) in [5.74, 6) is 1.39. The molecule has 0 aromatic heterocycles. The molecule has 26 heavy (non-hydrogen) atoms. The smallest absolute Gasteiger partial charge is 0.410 e. The second-order valence-electron chi connectivity index (χ2n) is 9.14. The molecule has 6 nitrogen and oxygen atoms in total. The quantitative estimate of drug-likeness (QED) is 0.750. The molecule has 2 heterocycles. The predicted octanol–water partition coefficient (Wildman–Crippen LogP) is 3.05. The predicted molar refractivity (Wildman–Crippen MR) is 98.8 cm³/mol. The van der Waals surface area contributed by atoms with Crippen LogP contribution in [0, 0.1) is 11.8 Å². The Morgan fingerprint density at radius 2 is 1.58 bits per heavy atom. The number of hydrogen-bond acceptors (Lipinski definition) is 4. The second-order valence-corrected chi connectivity index (χ2v) is 9.14. The van der Waals surface area contributed by atoms with Gasteiger partial charge >= 0.3 is 6.09 Å². The highest BCUT2D eigenvalue weighted by molar-refractivity contribution is 5.77. The summed E-state index contributed by atoms with van der Waals surface area (Å²) >= 11 is 0. The van der Waals surface area contributed by atoms with E-state index in [1.807, 2.05) is 25.7 Å². The standard InChI is InChI=1S/C20H34N2O4/c1-20(2,3)26-19(24)21-9-6-15(7-10-21)12-18(23)22-11-8-17(13-22)25-14-16-4-5-16/h15-17H,4-14H2,1-3H3. The van der Waals surface area contributed by atoms with Gasteiger partial charge in [0.2, 0.25) is 5.91 Å². The molecule has 0 radical (unpaired) electrons. The normalized spacial score (nSPS) is 24.8. The number of carbonyl (C=O) groups is 2. The zero-order valence-corrected chi connectivity index (χ0v) is 16.5. The van der Waals surface area contributed by atoms with E-state index in [-0.39, 0.29) is 18.1 Å². The molecule has 6 heteroatoms. The summed E-state index contributed by atoms with van der Waals surface area (Å²) in [6.07, 6.45) is 5.91. The Kier molecular flexibility index (Phi) is 6.10. The van der Waals surface area contributed by atoms with Gasteiger partial charge in [0.15, 0.2) is 0 Å². The summed E-state index contributed by atoms with van der Waals surface area (Å²) < 4.78 is 11.4. The van der Waals surface area contributed by atoms with Crippen LogP contribution in [-0.4, -0.2) is 66.3 Å². The van der Waals surface area contributed by atoms with Gasteiger partial charge in [0.05, 0.1) is 6.10 Å². The Morgan fingerprint density at radius 1 is 0.923 bits per heavy atom. The van der Waals surface area contributed by atoms with Crippen molar-refractivity contribution in [1.82, 2.24) is 9.80 Å². The van der Waals surface area contributed by atoms with Gasteiger partial charge in [-0.05, 0) is 64.7 Å². The van der Waals surface area contributed by atoms with Gasteiger partial charge in [0.25, 0.3) is 0 Å². The first kappa shape index (κ1) is 19.5. The van der Waals surface area contributed by atoms with E-state index in [4.69, 9.17) is 9.47 Å². The van der Waals surface area contributed by atoms with Crippen molar-refractivity contribution in [3.63, 3.8) is 0 Å². The molecule has 2 amide bonds. The molecular formula is C20H34N2O4. The fraction of sp³-hybridized carbons (Fsp3) is 0.900. The summed E-state index contributed by atoms with van der Waals surface area (Å²) in [5.41, 5.74) is -0.461. The van der Waals surface area contributed by atoms with Crippen molar-refractivity contribution in [3.05, 3.63) is 0 Å². The number of piperidine rings is 1. The van der Waals surface area contributed by atoms with Gasteiger partial charge in [-0.1, -0.05) is 0 Å². The molecule has 148 valence electrons. The lowest BCUT2D eigenvalue weighted by Crippen LogP contribution is -2.42. The van der Waals surface area contributed by atoms with Crippen LogP contribution in [0.15, 0.2) is 0 Å². The molecule has 0 N–H and O–H groups in total. The third-order valence-corrected chi connectivity index (χ3v) is 5.49. The Labute approximate surface area is 157 Å². The highest BCUT2D eigenvalue weighted by atomic mass is 16.6. The maximum atomic E-state index is 12.6. The minimum Gasteiger partial charge on any atom is -0.444 e. The largest absolute Gasteiger partial charge is 0.444 e. The molecule has 0 aromatic carbocycles. The number of amides is 2. The highest BCUT2D eigenvalue weighted by Crippen LogP contribution is 2.30. The second kappa shape index (κ2) is 8.15. The molecule has 0 spiro atoms. The van der Waals surface area contributed by atoms with Gasteiger partial charge in [0.1, 0.15) is 5.60 Å². The maximum Gasteiger partial charge on any atom is 0.410 e. The monoisotopic (exact) mass is 366 g/mol. The summed E-state index contributed by atoms with van der Waals surface area (Å²) in [5, 5.41) is 0. The third kappa shape index (κ3) is 5.86. The Hall–Kier alpha value is -1.30. The SMILES string of the molecule is CC(C)(C)OC(=O)N1CCC(CC(=O)N2CCC(OCC3CC3)C2)CC1. The van der Waals surface area contributed by atoms with Crippen LogP contribution in [0.25, 0.3) is 0 Å². The summed E-state index contributed by atoms with van der Waals surface area (Å²) in [6, 6.07) is 0. The molecular weight excluding hydrogens is 332 g/mol. The van der Waals surface area contributed by atoms with Crippen LogP contribution in [0.3, 0.4) is 0 Å². The lowest BCUT2D eigenvalue weighted by atomic mass is 9.93. The van der Waals surface area contributed by atoms with Crippen molar-refractivity contribution >= 4 is 12.0 Å². The molecule has 3 fully saturated rings. The van der Waals surface area contributed by atoms with E-state index in [0.29, 0.717) is 25.4 Å². The van der Waals surface area contributed by atoms with E-state index in [1.165, 1.54) is 12.8 Å². The molecule has 3 rings (SSSR count). The van der Waals surface area contributed by atoms with Crippen LogP contribution < -0.4 is 0 Å².